The van der Waals surface area contributed by atoms with E-state index in [0.717, 1.165) is 0 Å². The van der Waals surface area contributed by atoms with Gasteiger partial charge in [-0.15, -0.1) is 6.58 Å². The van der Waals surface area contributed by atoms with E-state index in [9.17, 15) is 9.59 Å². The van der Waals surface area contributed by atoms with E-state index in [1.807, 2.05) is 13.8 Å². The summed E-state index contributed by atoms with van der Waals surface area (Å²) in [5.74, 6) is -0.964. The SMILES string of the molecule is C=CCCC(=O)NC(C)(CC(=O)O)C(C)C. The van der Waals surface area contributed by atoms with E-state index in [1.54, 1.807) is 13.0 Å². The highest BCUT2D eigenvalue weighted by Crippen LogP contribution is 2.21. The molecule has 4 heteroatoms. The van der Waals surface area contributed by atoms with Crippen LogP contribution in [0.25, 0.3) is 0 Å². The molecule has 0 aliphatic heterocycles. The molecule has 92 valence electrons. The Balaban J connectivity index is 4.48. The van der Waals surface area contributed by atoms with Crippen molar-refractivity contribution in [3.8, 4) is 0 Å². The lowest BCUT2D eigenvalue weighted by Crippen LogP contribution is -2.51. The lowest BCUT2D eigenvalue weighted by molar-refractivity contribution is -0.139. The Morgan fingerprint density at radius 3 is 2.44 bits per heavy atom. The van der Waals surface area contributed by atoms with E-state index in [2.05, 4.69) is 11.9 Å². The van der Waals surface area contributed by atoms with Crippen LogP contribution in [0.4, 0.5) is 0 Å². The van der Waals surface area contributed by atoms with Crippen molar-refractivity contribution in [2.75, 3.05) is 0 Å². The van der Waals surface area contributed by atoms with Gasteiger partial charge >= 0.3 is 5.97 Å². The first-order valence-corrected chi connectivity index (χ1v) is 5.45. The predicted octanol–water partition coefficient (Wildman–Crippen LogP) is 1.96. The zero-order chi connectivity index (χ0) is 12.8. The second-order valence-electron chi connectivity index (χ2n) is 4.52. The number of amides is 1. The summed E-state index contributed by atoms with van der Waals surface area (Å²) in [5.41, 5.74) is -0.690. The predicted molar refractivity (Wildman–Crippen MR) is 63.1 cm³/mol. The Bertz CT molecular complexity index is 273. The number of nitrogens with one attached hydrogen (secondary N) is 1. The average Bonchev–Trinajstić information content (AvgIpc) is 2.12. The number of rotatable bonds is 7. The zero-order valence-corrected chi connectivity index (χ0v) is 10.2. The average molecular weight is 227 g/mol. The maximum absolute atomic E-state index is 11.6. The molecule has 4 nitrogen and oxygen atoms in total. The van der Waals surface area contributed by atoms with Crippen LogP contribution in [0.15, 0.2) is 12.7 Å². The lowest BCUT2D eigenvalue weighted by atomic mass is 9.85. The van der Waals surface area contributed by atoms with Crippen molar-refractivity contribution in [2.45, 2.75) is 45.6 Å². The van der Waals surface area contributed by atoms with Crippen LogP contribution in [0.3, 0.4) is 0 Å². The van der Waals surface area contributed by atoms with Crippen LogP contribution < -0.4 is 5.32 Å². The van der Waals surface area contributed by atoms with Gasteiger partial charge in [0.15, 0.2) is 0 Å². The maximum Gasteiger partial charge on any atom is 0.305 e. The molecular formula is C12H21NO3. The van der Waals surface area contributed by atoms with Crippen molar-refractivity contribution < 1.29 is 14.7 Å². The number of hydrogen-bond donors (Lipinski definition) is 2. The number of carbonyl (C=O) groups excluding carboxylic acids is 1. The molecule has 1 unspecified atom stereocenters. The fourth-order valence-corrected chi connectivity index (χ4v) is 1.32. The molecule has 0 radical (unpaired) electrons. The van der Waals surface area contributed by atoms with Gasteiger partial charge in [-0.1, -0.05) is 19.9 Å². The summed E-state index contributed by atoms with van der Waals surface area (Å²) in [6.45, 7) is 9.10. The molecule has 0 saturated heterocycles. The minimum Gasteiger partial charge on any atom is -0.481 e. The van der Waals surface area contributed by atoms with Crippen LogP contribution in [0.5, 0.6) is 0 Å². The van der Waals surface area contributed by atoms with Gasteiger partial charge in [0.2, 0.25) is 5.91 Å². The molecule has 0 heterocycles. The van der Waals surface area contributed by atoms with Crippen molar-refractivity contribution >= 4 is 11.9 Å². The topological polar surface area (TPSA) is 66.4 Å². The summed E-state index contributed by atoms with van der Waals surface area (Å²) in [6, 6.07) is 0. The molecule has 2 N–H and O–H groups in total. The normalized spacial score (nSPS) is 14.2. The second-order valence-corrected chi connectivity index (χ2v) is 4.52. The summed E-state index contributed by atoms with van der Waals surface area (Å²) in [4.78, 5) is 22.3. The third-order valence-electron chi connectivity index (χ3n) is 2.79. The summed E-state index contributed by atoms with van der Waals surface area (Å²) < 4.78 is 0. The molecule has 16 heavy (non-hydrogen) atoms. The highest BCUT2D eigenvalue weighted by molar-refractivity contribution is 5.78. The van der Waals surface area contributed by atoms with Gasteiger partial charge in [0.05, 0.1) is 6.42 Å². The molecule has 0 aliphatic rings. The first-order chi connectivity index (χ1) is 7.31. The van der Waals surface area contributed by atoms with Gasteiger partial charge in [0, 0.05) is 12.0 Å². The largest absolute Gasteiger partial charge is 0.481 e. The van der Waals surface area contributed by atoms with Crippen LogP contribution in [-0.4, -0.2) is 22.5 Å². The Morgan fingerprint density at radius 1 is 1.50 bits per heavy atom. The van der Waals surface area contributed by atoms with Crippen LogP contribution >= 0.6 is 0 Å². The molecule has 0 rings (SSSR count). The summed E-state index contributed by atoms with van der Waals surface area (Å²) in [7, 11) is 0. The molecule has 0 aromatic carbocycles. The Morgan fingerprint density at radius 2 is 2.06 bits per heavy atom. The summed E-state index contributed by atoms with van der Waals surface area (Å²) >= 11 is 0. The number of carbonyl (C=O) groups is 2. The molecule has 0 aromatic rings. The number of carboxylic acid groups (broad SMARTS) is 1. The number of hydrogen-bond acceptors (Lipinski definition) is 2. The maximum atomic E-state index is 11.6. The number of aliphatic carboxylic acids is 1. The minimum atomic E-state index is -0.903. The number of allylic oxidation sites excluding steroid dienone is 1. The Labute approximate surface area is 96.7 Å². The van der Waals surface area contributed by atoms with Gasteiger partial charge in [0.1, 0.15) is 0 Å². The minimum absolute atomic E-state index is 0.0650. The highest BCUT2D eigenvalue weighted by Gasteiger charge is 2.32. The van der Waals surface area contributed by atoms with Crippen molar-refractivity contribution in [1.82, 2.24) is 5.32 Å². The third-order valence-corrected chi connectivity index (χ3v) is 2.79. The fraction of sp³-hybridized carbons (Fsp3) is 0.667. The Hall–Kier alpha value is -1.32. The molecule has 1 amide bonds. The summed E-state index contributed by atoms with van der Waals surface area (Å²) in [5, 5.41) is 11.6. The van der Waals surface area contributed by atoms with Crippen molar-refractivity contribution in [3.05, 3.63) is 12.7 Å². The van der Waals surface area contributed by atoms with Crippen molar-refractivity contribution in [3.63, 3.8) is 0 Å². The molecule has 0 bridgehead atoms. The van der Waals surface area contributed by atoms with Gasteiger partial charge in [0.25, 0.3) is 0 Å². The van der Waals surface area contributed by atoms with Gasteiger partial charge in [-0.2, -0.15) is 0 Å². The van der Waals surface area contributed by atoms with Gasteiger partial charge in [-0.3, -0.25) is 9.59 Å². The molecule has 0 fully saturated rings. The van der Waals surface area contributed by atoms with E-state index in [-0.39, 0.29) is 18.2 Å². The van der Waals surface area contributed by atoms with Crippen molar-refractivity contribution in [1.29, 1.82) is 0 Å². The number of carboxylic acids is 1. The van der Waals surface area contributed by atoms with Crippen LogP contribution in [-0.2, 0) is 9.59 Å². The van der Waals surface area contributed by atoms with Gasteiger partial charge < -0.3 is 10.4 Å². The van der Waals surface area contributed by atoms with E-state index in [1.165, 1.54) is 0 Å². The fourth-order valence-electron chi connectivity index (χ4n) is 1.32. The molecule has 0 saturated carbocycles. The molecular weight excluding hydrogens is 206 g/mol. The molecule has 0 aromatic heterocycles. The second kappa shape index (κ2) is 6.30. The first kappa shape index (κ1) is 14.7. The smallest absolute Gasteiger partial charge is 0.305 e. The first-order valence-electron chi connectivity index (χ1n) is 5.45. The van der Waals surface area contributed by atoms with E-state index in [0.29, 0.717) is 12.8 Å². The standard InChI is InChI=1S/C12H21NO3/c1-5-6-7-10(14)13-12(4,9(2)3)8-11(15)16/h5,9H,1,6-8H2,2-4H3,(H,13,14)(H,15,16). The van der Waals surface area contributed by atoms with Gasteiger partial charge in [-0.05, 0) is 19.3 Å². The molecule has 0 spiro atoms. The van der Waals surface area contributed by atoms with Crippen LogP contribution in [0.2, 0.25) is 0 Å². The van der Waals surface area contributed by atoms with Crippen LogP contribution in [0.1, 0.15) is 40.0 Å². The van der Waals surface area contributed by atoms with E-state index >= 15 is 0 Å². The van der Waals surface area contributed by atoms with E-state index < -0.39 is 11.5 Å². The van der Waals surface area contributed by atoms with Gasteiger partial charge in [-0.25, -0.2) is 0 Å². The molecule has 1 atom stereocenters. The van der Waals surface area contributed by atoms with Crippen molar-refractivity contribution in [2.24, 2.45) is 5.92 Å². The molecule has 0 aliphatic carbocycles. The van der Waals surface area contributed by atoms with E-state index in [4.69, 9.17) is 5.11 Å². The third kappa shape index (κ3) is 4.96. The Kier molecular flexibility index (Phi) is 5.78. The quantitative estimate of drug-likeness (QED) is 0.653. The summed E-state index contributed by atoms with van der Waals surface area (Å²) in [6.07, 6.45) is 2.56. The van der Waals surface area contributed by atoms with Crippen LogP contribution in [0, 0.1) is 5.92 Å². The highest BCUT2D eigenvalue weighted by atomic mass is 16.4. The zero-order valence-electron chi connectivity index (χ0n) is 10.2. The lowest BCUT2D eigenvalue weighted by Gasteiger charge is -2.33. The monoisotopic (exact) mass is 227 g/mol.